The van der Waals surface area contributed by atoms with Crippen LogP contribution in [0.4, 0.5) is 0 Å². The molecule has 0 aliphatic rings. The van der Waals surface area contributed by atoms with Crippen LogP contribution in [0.5, 0.6) is 11.5 Å². The van der Waals surface area contributed by atoms with Gasteiger partial charge in [-0.3, -0.25) is 4.79 Å². The highest BCUT2D eigenvalue weighted by Gasteiger charge is 2.08. The minimum Gasteiger partial charge on any atom is -0.494 e. The molecule has 36 heavy (non-hydrogen) atoms. The summed E-state index contributed by atoms with van der Waals surface area (Å²) < 4.78 is 11.3. The first-order valence-corrected chi connectivity index (χ1v) is 13.5. The number of esters is 1. The number of nitrogens with zero attached hydrogens (tertiary/aromatic N) is 2. The zero-order valence-electron chi connectivity index (χ0n) is 22.0. The first-order chi connectivity index (χ1) is 17.6. The Morgan fingerprint density at radius 2 is 1.42 bits per heavy atom. The number of rotatable bonds is 15. The molecule has 5 heteroatoms. The van der Waals surface area contributed by atoms with Gasteiger partial charge in [-0.15, -0.1) is 0 Å². The van der Waals surface area contributed by atoms with Crippen molar-refractivity contribution in [3.05, 3.63) is 60.9 Å². The summed E-state index contributed by atoms with van der Waals surface area (Å²) in [5.74, 6) is 2.58. The van der Waals surface area contributed by atoms with Crippen LogP contribution in [-0.4, -0.2) is 22.5 Å². The van der Waals surface area contributed by atoms with E-state index in [0.29, 0.717) is 23.9 Å². The first-order valence-electron chi connectivity index (χ1n) is 13.5. The highest BCUT2D eigenvalue weighted by Crippen LogP contribution is 2.24. The molecule has 192 valence electrons. The van der Waals surface area contributed by atoms with Crippen LogP contribution in [0.2, 0.25) is 0 Å². The largest absolute Gasteiger partial charge is 0.494 e. The van der Waals surface area contributed by atoms with Crippen LogP contribution in [0.1, 0.15) is 78.6 Å². The van der Waals surface area contributed by atoms with E-state index >= 15 is 0 Å². The van der Waals surface area contributed by atoms with Crippen molar-refractivity contribution in [3.8, 4) is 34.0 Å². The maximum atomic E-state index is 12.1. The third-order valence-electron chi connectivity index (χ3n) is 6.48. The van der Waals surface area contributed by atoms with Gasteiger partial charge < -0.3 is 9.47 Å². The van der Waals surface area contributed by atoms with E-state index in [-0.39, 0.29) is 5.97 Å². The van der Waals surface area contributed by atoms with Gasteiger partial charge >= 0.3 is 5.97 Å². The predicted octanol–water partition coefficient (Wildman–Crippen LogP) is 8.28. The van der Waals surface area contributed by atoms with Crippen LogP contribution in [0.3, 0.4) is 0 Å². The van der Waals surface area contributed by atoms with Crippen LogP contribution in [0.25, 0.3) is 22.5 Å². The van der Waals surface area contributed by atoms with Gasteiger partial charge in [0, 0.05) is 29.9 Å². The molecule has 1 heterocycles. The lowest BCUT2D eigenvalue weighted by molar-refractivity contribution is -0.134. The van der Waals surface area contributed by atoms with E-state index in [0.717, 1.165) is 54.7 Å². The lowest BCUT2D eigenvalue weighted by Crippen LogP contribution is -2.08. The van der Waals surface area contributed by atoms with Gasteiger partial charge in [-0.2, -0.15) is 0 Å². The Morgan fingerprint density at radius 3 is 2.08 bits per heavy atom. The number of aromatic nitrogens is 2. The van der Waals surface area contributed by atoms with Gasteiger partial charge in [0.15, 0.2) is 5.82 Å². The van der Waals surface area contributed by atoms with Gasteiger partial charge in [0.2, 0.25) is 0 Å². The molecule has 2 aromatic carbocycles. The first kappa shape index (κ1) is 27.4. The zero-order valence-corrected chi connectivity index (χ0v) is 22.0. The van der Waals surface area contributed by atoms with Crippen molar-refractivity contribution in [1.82, 2.24) is 9.97 Å². The van der Waals surface area contributed by atoms with Crippen molar-refractivity contribution >= 4 is 5.97 Å². The quantitative estimate of drug-likeness (QED) is 0.122. The molecule has 1 unspecified atom stereocenters. The van der Waals surface area contributed by atoms with Crippen LogP contribution >= 0.6 is 0 Å². The van der Waals surface area contributed by atoms with Crippen molar-refractivity contribution in [1.29, 1.82) is 0 Å². The summed E-state index contributed by atoms with van der Waals surface area (Å²) in [5, 5.41) is 0. The Morgan fingerprint density at radius 1 is 0.778 bits per heavy atom. The van der Waals surface area contributed by atoms with Crippen molar-refractivity contribution < 1.29 is 14.3 Å². The number of hydrogen-bond donors (Lipinski definition) is 0. The molecule has 5 nitrogen and oxygen atoms in total. The van der Waals surface area contributed by atoms with Gasteiger partial charge in [-0.05, 0) is 60.7 Å². The lowest BCUT2D eigenvalue weighted by atomic mass is 10.0. The van der Waals surface area contributed by atoms with Crippen LogP contribution in [0, 0.1) is 5.92 Å². The van der Waals surface area contributed by atoms with Gasteiger partial charge in [0.1, 0.15) is 11.5 Å². The van der Waals surface area contributed by atoms with Crippen LogP contribution in [0.15, 0.2) is 60.9 Å². The fourth-order valence-electron chi connectivity index (χ4n) is 3.92. The molecule has 0 radical (unpaired) electrons. The van der Waals surface area contributed by atoms with Crippen molar-refractivity contribution in [2.45, 2.75) is 78.6 Å². The van der Waals surface area contributed by atoms with Gasteiger partial charge in [-0.1, -0.05) is 71.4 Å². The SMILES string of the molecule is CCCCCCCOc1ccc(-c2ncc(-c3ccc(OC(=O)CCCC(C)CC)cc3)cn2)cc1. The summed E-state index contributed by atoms with van der Waals surface area (Å²) >= 11 is 0. The maximum Gasteiger partial charge on any atom is 0.311 e. The standard InChI is InChI=1S/C31H40N2O3/c1-4-6-7-8-9-21-35-28-17-15-26(16-18-28)31-32-22-27(23-33-31)25-13-19-29(20-14-25)36-30(34)12-10-11-24(3)5-2/h13-20,22-24H,4-12,21H2,1-3H3. The molecule has 0 saturated heterocycles. The van der Waals surface area contributed by atoms with Crippen molar-refractivity contribution in [2.75, 3.05) is 6.61 Å². The average molecular weight is 489 g/mol. The summed E-state index contributed by atoms with van der Waals surface area (Å²) in [4.78, 5) is 21.2. The Labute approximate surface area is 216 Å². The van der Waals surface area contributed by atoms with E-state index < -0.39 is 0 Å². The highest BCUT2D eigenvalue weighted by atomic mass is 16.5. The molecule has 0 fully saturated rings. The molecule has 1 aromatic heterocycles. The van der Waals surface area contributed by atoms with Gasteiger partial charge in [0.05, 0.1) is 6.61 Å². The Balaban J connectivity index is 1.48. The minimum atomic E-state index is -0.179. The summed E-state index contributed by atoms with van der Waals surface area (Å²) in [6.45, 7) is 7.37. The molecule has 0 N–H and O–H groups in total. The summed E-state index contributed by atoms with van der Waals surface area (Å²) in [6, 6.07) is 15.4. The zero-order chi connectivity index (χ0) is 25.6. The Hall–Kier alpha value is -3.21. The predicted molar refractivity (Wildman–Crippen MR) is 146 cm³/mol. The summed E-state index contributed by atoms with van der Waals surface area (Å²) in [6.07, 6.45) is 13.3. The number of unbranched alkanes of at least 4 members (excludes halogenated alkanes) is 4. The third-order valence-corrected chi connectivity index (χ3v) is 6.48. The molecular weight excluding hydrogens is 448 g/mol. The Kier molecular flexibility index (Phi) is 11.4. The monoisotopic (exact) mass is 488 g/mol. The lowest BCUT2D eigenvalue weighted by Gasteiger charge is -2.09. The molecule has 0 aliphatic heterocycles. The van der Waals surface area contributed by atoms with E-state index in [9.17, 15) is 4.79 Å². The molecule has 3 rings (SSSR count). The molecule has 0 bridgehead atoms. The highest BCUT2D eigenvalue weighted by molar-refractivity contribution is 5.73. The fourth-order valence-corrected chi connectivity index (χ4v) is 3.92. The van der Waals surface area contributed by atoms with E-state index in [2.05, 4.69) is 30.7 Å². The molecule has 0 saturated carbocycles. The second-order valence-electron chi connectivity index (χ2n) is 9.49. The summed E-state index contributed by atoms with van der Waals surface area (Å²) in [7, 11) is 0. The average Bonchev–Trinajstić information content (AvgIpc) is 2.91. The minimum absolute atomic E-state index is 0.179. The number of hydrogen-bond acceptors (Lipinski definition) is 5. The van der Waals surface area contributed by atoms with Gasteiger partial charge in [0.25, 0.3) is 0 Å². The van der Waals surface area contributed by atoms with Crippen LogP contribution < -0.4 is 9.47 Å². The fraction of sp³-hybridized carbons (Fsp3) is 0.452. The normalized spacial score (nSPS) is 11.8. The molecule has 0 amide bonds. The number of benzene rings is 2. The third kappa shape index (κ3) is 9.10. The number of carbonyl (C=O) groups is 1. The van der Waals surface area contributed by atoms with Crippen molar-refractivity contribution in [2.24, 2.45) is 5.92 Å². The second-order valence-corrected chi connectivity index (χ2v) is 9.49. The maximum absolute atomic E-state index is 12.1. The molecule has 3 aromatic rings. The van der Waals surface area contributed by atoms with Gasteiger partial charge in [-0.25, -0.2) is 9.97 Å². The molecule has 0 spiro atoms. The summed E-state index contributed by atoms with van der Waals surface area (Å²) in [5.41, 5.74) is 2.83. The Bertz CT molecular complexity index is 1030. The topological polar surface area (TPSA) is 61.3 Å². The molecule has 0 aliphatic carbocycles. The number of carbonyl (C=O) groups excluding carboxylic acids is 1. The van der Waals surface area contributed by atoms with Crippen molar-refractivity contribution in [3.63, 3.8) is 0 Å². The number of ether oxygens (including phenoxy) is 2. The molecular formula is C31H40N2O3. The molecule has 1 atom stereocenters. The smallest absolute Gasteiger partial charge is 0.311 e. The van der Waals surface area contributed by atoms with E-state index in [1.54, 1.807) is 0 Å². The second kappa shape index (κ2) is 15.0. The van der Waals surface area contributed by atoms with Crippen LogP contribution in [-0.2, 0) is 4.79 Å². The van der Waals surface area contributed by atoms with E-state index in [1.807, 2.05) is 60.9 Å². The van der Waals surface area contributed by atoms with E-state index in [4.69, 9.17) is 9.47 Å². The van der Waals surface area contributed by atoms with E-state index in [1.165, 1.54) is 25.7 Å².